The fourth-order valence-electron chi connectivity index (χ4n) is 6.06. The molecule has 0 unspecified atom stereocenters. The standard InChI is InChI=1S/C29H39N9O2S/c1-6-38-26-23(35(4)27(39)25-28(38)41-19(2)31-25)18-30-29(33-26)32-20-7-8-22(24(17-20)40-5)37-11-9-21(10-12-37)36-15-13-34(3)14-16-36/h7-8,17-18,21H,6,9-16H2,1-5H3,(H,30,32,33). The number of benzene rings is 1. The minimum absolute atomic E-state index is 0.154. The van der Waals surface area contributed by atoms with Crippen molar-refractivity contribution >= 4 is 51.1 Å². The van der Waals surface area contributed by atoms with E-state index in [1.54, 1.807) is 25.3 Å². The van der Waals surface area contributed by atoms with Crippen LogP contribution >= 0.6 is 11.3 Å². The highest BCUT2D eigenvalue weighted by atomic mass is 32.1. The molecule has 1 aromatic carbocycles. The van der Waals surface area contributed by atoms with Crippen molar-refractivity contribution in [2.45, 2.75) is 32.7 Å². The Morgan fingerprint density at radius 1 is 1.05 bits per heavy atom. The summed E-state index contributed by atoms with van der Waals surface area (Å²) in [5.41, 5.74) is 3.06. The number of nitrogens with one attached hydrogen (secondary N) is 1. The van der Waals surface area contributed by atoms with Crippen LogP contribution in [0.3, 0.4) is 0 Å². The number of aryl methyl sites for hydroxylation is 1. The van der Waals surface area contributed by atoms with Crippen LogP contribution in [0.5, 0.6) is 5.75 Å². The Kier molecular flexibility index (Phi) is 7.71. The molecule has 6 rings (SSSR count). The fraction of sp³-hybridized carbons (Fsp3) is 0.517. The van der Waals surface area contributed by atoms with Gasteiger partial charge in [-0.3, -0.25) is 9.69 Å². The molecule has 0 spiro atoms. The molecule has 2 aromatic heterocycles. The van der Waals surface area contributed by atoms with Gasteiger partial charge in [0, 0.05) is 70.7 Å². The van der Waals surface area contributed by atoms with Gasteiger partial charge in [-0.2, -0.15) is 4.98 Å². The average molecular weight is 578 g/mol. The van der Waals surface area contributed by atoms with Gasteiger partial charge in [-0.15, -0.1) is 11.3 Å². The van der Waals surface area contributed by atoms with Crippen molar-refractivity contribution in [3.8, 4) is 5.75 Å². The Labute approximate surface area is 245 Å². The zero-order valence-corrected chi connectivity index (χ0v) is 25.4. The predicted molar refractivity (Wildman–Crippen MR) is 165 cm³/mol. The molecule has 3 aliphatic rings. The van der Waals surface area contributed by atoms with Crippen molar-refractivity contribution < 1.29 is 9.53 Å². The Balaban J connectivity index is 1.19. The monoisotopic (exact) mass is 577 g/mol. The van der Waals surface area contributed by atoms with E-state index in [2.05, 4.69) is 49.2 Å². The van der Waals surface area contributed by atoms with Crippen LogP contribution < -0.4 is 24.8 Å². The number of amides is 1. The molecular formula is C29H39N9O2S. The number of aromatic nitrogens is 3. The summed E-state index contributed by atoms with van der Waals surface area (Å²) < 4.78 is 5.84. The van der Waals surface area contributed by atoms with E-state index < -0.39 is 0 Å². The number of carbonyl (C=O) groups is 1. The van der Waals surface area contributed by atoms with E-state index in [0.29, 0.717) is 35.7 Å². The third-order valence-electron chi connectivity index (χ3n) is 8.45. The summed E-state index contributed by atoms with van der Waals surface area (Å²) in [6.07, 6.45) is 4.04. The van der Waals surface area contributed by atoms with E-state index in [9.17, 15) is 4.79 Å². The second-order valence-corrected chi connectivity index (χ2v) is 12.1. The third-order valence-corrected chi connectivity index (χ3v) is 9.44. The van der Waals surface area contributed by atoms with Crippen molar-refractivity contribution in [2.24, 2.45) is 0 Å². The number of hydrogen-bond acceptors (Lipinski definition) is 11. The number of nitrogens with zero attached hydrogens (tertiary/aromatic N) is 8. The van der Waals surface area contributed by atoms with Crippen LogP contribution in [0.4, 0.5) is 33.8 Å². The molecule has 3 aromatic rings. The van der Waals surface area contributed by atoms with Crippen LogP contribution in [0, 0.1) is 6.92 Å². The lowest BCUT2D eigenvalue weighted by Crippen LogP contribution is -2.52. The Hall–Kier alpha value is -3.48. The Morgan fingerprint density at radius 2 is 1.80 bits per heavy atom. The summed E-state index contributed by atoms with van der Waals surface area (Å²) in [5.74, 6) is 1.80. The number of ether oxygens (including phenoxy) is 1. The summed E-state index contributed by atoms with van der Waals surface area (Å²) in [7, 11) is 5.67. The van der Waals surface area contributed by atoms with Gasteiger partial charge in [0.25, 0.3) is 5.91 Å². The molecular weight excluding hydrogens is 538 g/mol. The number of piperazine rings is 1. The molecule has 0 saturated carbocycles. The summed E-state index contributed by atoms with van der Waals surface area (Å²) in [5, 5.41) is 5.02. The van der Waals surface area contributed by atoms with Crippen LogP contribution in [0.2, 0.25) is 0 Å². The zero-order chi connectivity index (χ0) is 28.7. The maximum absolute atomic E-state index is 13.1. The average Bonchev–Trinajstić information content (AvgIpc) is 3.35. The molecule has 218 valence electrons. The minimum Gasteiger partial charge on any atom is -0.495 e. The fourth-order valence-corrected chi connectivity index (χ4v) is 7.04. The van der Waals surface area contributed by atoms with E-state index in [0.717, 1.165) is 53.3 Å². The van der Waals surface area contributed by atoms with Crippen LogP contribution in [0.15, 0.2) is 24.4 Å². The molecule has 2 saturated heterocycles. The van der Waals surface area contributed by atoms with Gasteiger partial charge in [0.2, 0.25) is 5.95 Å². The van der Waals surface area contributed by atoms with Gasteiger partial charge in [0.05, 0.1) is 24.0 Å². The molecule has 0 radical (unpaired) electrons. The molecule has 0 aliphatic carbocycles. The molecule has 11 nitrogen and oxygen atoms in total. The quantitative estimate of drug-likeness (QED) is 0.464. The largest absolute Gasteiger partial charge is 0.495 e. The number of thiazole rings is 1. The van der Waals surface area contributed by atoms with Gasteiger partial charge in [-0.1, -0.05) is 0 Å². The molecule has 1 N–H and O–H groups in total. The summed E-state index contributed by atoms with van der Waals surface area (Å²) >= 11 is 1.50. The first kappa shape index (κ1) is 27.7. The lowest BCUT2D eigenvalue weighted by Gasteiger charge is -2.42. The smallest absolute Gasteiger partial charge is 0.279 e. The maximum atomic E-state index is 13.1. The van der Waals surface area contributed by atoms with E-state index in [1.165, 1.54) is 37.3 Å². The van der Waals surface area contributed by atoms with Crippen molar-refractivity contribution in [1.29, 1.82) is 0 Å². The van der Waals surface area contributed by atoms with Crippen LogP contribution in [0.1, 0.15) is 35.3 Å². The second kappa shape index (κ2) is 11.4. The topological polar surface area (TPSA) is 93.2 Å². The number of methoxy groups -OCH3 is 1. The second-order valence-electron chi connectivity index (χ2n) is 11.0. The van der Waals surface area contributed by atoms with Crippen molar-refractivity contribution in [3.63, 3.8) is 0 Å². The van der Waals surface area contributed by atoms with Gasteiger partial charge in [0.15, 0.2) is 11.5 Å². The van der Waals surface area contributed by atoms with Crippen molar-refractivity contribution in [2.75, 3.05) is 87.0 Å². The number of hydrogen-bond donors (Lipinski definition) is 1. The van der Waals surface area contributed by atoms with Crippen molar-refractivity contribution in [3.05, 3.63) is 35.1 Å². The molecule has 0 atom stereocenters. The lowest BCUT2D eigenvalue weighted by atomic mass is 10.0. The first-order chi connectivity index (χ1) is 19.9. The van der Waals surface area contributed by atoms with E-state index >= 15 is 0 Å². The number of carbonyl (C=O) groups excluding carboxylic acids is 1. The van der Waals surface area contributed by atoms with Gasteiger partial charge in [-0.05, 0) is 45.9 Å². The highest BCUT2D eigenvalue weighted by Gasteiger charge is 2.33. The molecule has 1 amide bonds. The number of anilines is 6. The SMILES string of the molecule is CCN1c2nc(Nc3ccc(N4CCC(N5CCN(C)CC5)CC4)c(OC)c3)ncc2N(C)C(=O)c2nc(C)sc21. The lowest BCUT2D eigenvalue weighted by molar-refractivity contribution is 0.0981. The number of likely N-dealkylation sites (N-methyl/N-ethyl adjacent to an activating group) is 1. The number of fused-ring (bicyclic) bond motifs is 2. The van der Waals surface area contributed by atoms with Gasteiger partial charge >= 0.3 is 0 Å². The molecule has 2 fully saturated rings. The van der Waals surface area contributed by atoms with E-state index in [-0.39, 0.29) is 5.91 Å². The Morgan fingerprint density at radius 3 is 2.51 bits per heavy atom. The minimum atomic E-state index is -0.154. The first-order valence-corrected chi connectivity index (χ1v) is 15.2. The predicted octanol–water partition coefficient (Wildman–Crippen LogP) is 3.96. The molecule has 3 aliphatic heterocycles. The van der Waals surface area contributed by atoms with Crippen LogP contribution in [0.25, 0.3) is 0 Å². The van der Waals surface area contributed by atoms with Crippen LogP contribution in [-0.2, 0) is 0 Å². The zero-order valence-electron chi connectivity index (χ0n) is 24.6. The first-order valence-electron chi connectivity index (χ1n) is 14.4. The Bertz CT molecular complexity index is 1410. The van der Waals surface area contributed by atoms with Gasteiger partial charge in [0.1, 0.15) is 16.4 Å². The van der Waals surface area contributed by atoms with E-state index in [4.69, 9.17) is 9.72 Å². The highest BCUT2D eigenvalue weighted by molar-refractivity contribution is 7.16. The van der Waals surface area contributed by atoms with Crippen molar-refractivity contribution in [1.82, 2.24) is 24.8 Å². The molecule has 41 heavy (non-hydrogen) atoms. The molecule has 12 heteroatoms. The summed E-state index contributed by atoms with van der Waals surface area (Å²) in [6.45, 7) is 11.3. The summed E-state index contributed by atoms with van der Waals surface area (Å²) in [4.78, 5) is 38.2. The number of piperidine rings is 1. The van der Waals surface area contributed by atoms with Crippen LogP contribution in [-0.4, -0.2) is 104 Å². The van der Waals surface area contributed by atoms with Gasteiger partial charge in [-0.25, -0.2) is 9.97 Å². The normalized spacial score (nSPS) is 18.8. The molecule has 0 bridgehead atoms. The molecule has 5 heterocycles. The van der Waals surface area contributed by atoms with E-state index in [1.807, 2.05) is 24.8 Å². The highest BCUT2D eigenvalue weighted by Crippen LogP contribution is 2.42. The third kappa shape index (κ3) is 5.31. The number of rotatable bonds is 6. The van der Waals surface area contributed by atoms with Gasteiger partial charge < -0.3 is 29.7 Å². The summed E-state index contributed by atoms with van der Waals surface area (Å²) in [6, 6.07) is 6.85. The maximum Gasteiger partial charge on any atom is 0.279 e.